The van der Waals surface area contributed by atoms with Crippen LogP contribution in [-0.2, 0) is 14.6 Å². The summed E-state index contributed by atoms with van der Waals surface area (Å²) in [5.74, 6) is -0.758. The van der Waals surface area contributed by atoms with E-state index < -0.39 is 64.5 Å². The molecule has 13 atom stereocenters. The molecule has 4 saturated carbocycles. The van der Waals surface area contributed by atoms with E-state index in [2.05, 4.69) is 18.0 Å². The quantitative estimate of drug-likeness (QED) is 0.0814. The second kappa shape index (κ2) is 12.3. The summed E-state index contributed by atoms with van der Waals surface area (Å²) in [4.78, 5) is 0. The van der Waals surface area contributed by atoms with E-state index in [9.17, 15) is 43.6 Å². The number of hydrogen-bond acceptors (Lipinski definition) is 10. The summed E-state index contributed by atoms with van der Waals surface area (Å²) in [7, 11) is -5.01. The summed E-state index contributed by atoms with van der Waals surface area (Å²) in [6.07, 6.45) is 3.80. The molecule has 4 aliphatic carbocycles. The minimum atomic E-state index is -5.01. The van der Waals surface area contributed by atoms with Gasteiger partial charge in [0.25, 0.3) is 0 Å². The third-order valence-electron chi connectivity index (χ3n) is 12.0. The van der Waals surface area contributed by atoms with Crippen molar-refractivity contribution in [1.29, 1.82) is 0 Å². The molecular weight excluding hydrogens is 563 g/mol. The first-order valence-electron chi connectivity index (χ1n) is 14.7. The maximum absolute atomic E-state index is 11.7. The maximum atomic E-state index is 11.7. The van der Waals surface area contributed by atoms with Crippen LogP contribution in [0.5, 0.6) is 0 Å². The van der Waals surface area contributed by atoms with E-state index in [0.29, 0.717) is 31.3 Å². The summed E-state index contributed by atoms with van der Waals surface area (Å²) >= 11 is 0. The molecule has 0 bridgehead atoms. The van der Waals surface area contributed by atoms with Gasteiger partial charge in [-0.2, -0.15) is 0 Å². The van der Waals surface area contributed by atoms with Gasteiger partial charge in [0.1, 0.15) is 0 Å². The van der Waals surface area contributed by atoms with Crippen LogP contribution in [0.3, 0.4) is 0 Å². The molecule has 232 valence electrons. The fraction of sp³-hybridized carbons (Fsp3) is 0.931. The Labute approximate surface area is 266 Å². The van der Waals surface area contributed by atoms with Crippen molar-refractivity contribution in [2.24, 2.45) is 46.3 Å². The molecule has 0 radical (unpaired) electrons. The summed E-state index contributed by atoms with van der Waals surface area (Å²) < 4.78 is 37.1. The zero-order valence-corrected chi connectivity index (χ0v) is 28.2. The van der Waals surface area contributed by atoms with Crippen molar-refractivity contribution in [3.05, 3.63) is 11.6 Å². The van der Waals surface area contributed by atoms with E-state index in [0.717, 1.165) is 12.8 Å². The number of allylic oxidation sites excluding steroid dienone is 1. The molecule has 0 aromatic carbocycles. The molecule has 0 aliphatic heterocycles. The molecule has 0 aromatic rings. The fourth-order valence-electron chi connectivity index (χ4n) is 9.96. The molecule has 0 spiro atoms. The van der Waals surface area contributed by atoms with E-state index in [1.165, 1.54) is 6.92 Å². The average molecular weight is 613 g/mol. The number of rotatable bonds is 8. The third-order valence-corrected chi connectivity index (χ3v) is 12.4. The van der Waals surface area contributed by atoms with Crippen molar-refractivity contribution in [1.82, 2.24) is 0 Å². The zero-order valence-electron chi connectivity index (χ0n) is 25.4. The van der Waals surface area contributed by atoms with Crippen molar-refractivity contribution in [3.63, 3.8) is 0 Å². The Morgan fingerprint density at radius 2 is 1.80 bits per heavy atom. The second-order valence-electron chi connectivity index (χ2n) is 14.3. The molecule has 4 rings (SSSR count). The molecule has 12 heteroatoms. The van der Waals surface area contributed by atoms with Gasteiger partial charge in [-0.25, -0.2) is 8.42 Å². The van der Waals surface area contributed by atoms with Crippen LogP contribution in [-0.4, -0.2) is 86.3 Å². The molecular formula is C29H49NaO10S. The number of aliphatic hydroxyl groups is 6. The zero-order chi connectivity index (χ0) is 30.1. The molecule has 41 heavy (non-hydrogen) atoms. The van der Waals surface area contributed by atoms with E-state index in [4.69, 9.17) is 0 Å². The van der Waals surface area contributed by atoms with Gasteiger partial charge in [-0.3, -0.25) is 4.18 Å². The van der Waals surface area contributed by atoms with Gasteiger partial charge in [0, 0.05) is 17.8 Å². The molecule has 0 amide bonds. The smallest absolute Gasteiger partial charge is 0.726 e. The normalized spacial score (nSPS) is 45.9. The third kappa shape index (κ3) is 6.27. The maximum Gasteiger partial charge on any atom is 1.00 e. The Hall–Kier alpha value is 0.370. The monoisotopic (exact) mass is 612 g/mol. The predicted molar refractivity (Wildman–Crippen MR) is 145 cm³/mol. The summed E-state index contributed by atoms with van der Waals surface area (Å²) in [5, 5.41) is 65.7. The van der Waals surface area contributed by atoms with Gasteiger partial charge < -0.3 is 35.2 Å². The first kappa shape index (κ1) is 35.8. The van der Waals surface area contributed by atoms with Crippen LogP contribution in [0.15, 0.2) is 11.6 Å². The van der Waals surface area contributed by atoms with Crippen molar-refractivity contribution in [2.45, 2.75) is 109 Å². The van der Waals surface area contributed by atoms with E-state index >= 15 is 0 Å². The first-order valence-corrected chi connectivity index (χ1v) is 16.0. The van der Waals surface area contributed by atoms with Crippen LogP contribution < -0.4 is 29.6 Å². The molecule has 5 unspecified atom stereocenters. The SMILES string of the molecule is C/C(=C\[C@@H](C)[C@H]1C[C@H](O)[C@H]2[C@@H]3CC(O)C4(O)CC(O)CCC4(C)C3CC[C@@]21C)[C@@H](CO)[C@](C)(O)COS(=O)(=O)[O-].[Na+]. The molecule has 0 saturated heterocycles. The topological polar surface area (TPSA) is 188 Å². The molecule has 0 heterocycles. The van der Waals surface area contributed by atoms with Crippen LogP contribution in [0.2, 0.25) is 0 Å². The Morgan fingerprint density at radius 3 is 2.39 bits per heavy atom. The van der Waals surface area contributed by atoms with Crippen LogP contribution >= 0.6 is 0 Å². The van der Waals surface area contributed by atoms with Gasteiger partial charge >= 0.3 is 29.6 Å². The minimum Gasteiger partial charge on any atom is -0.726 e. The molecule has 10 nitrogen and oxygen atoms in total. The molecule has 6 N–H and O–H groups in total. The summed E-state index contributed by atoms with van der Waals surface area (Å²) in [6, 6.07) is 0. The van der Waals surface area contributed by atoms with E-state index in [1.807, 2.05) is 13.0 Å². The number of aliphatic hydroxyl groups excluding tert-OH is 4. The van der Waals surface area contributed by atoms with Gasteiger partial charge in [0.05, 0.1) is 42.7 Å². The predicted octanol–water partition coefficient (Wildman–Crippen LogP) is -1.51. The largest absolute Gasteiger partial charge is 1.00 e. The Morgan fingerprint density at radius 1 is 1.17 bits per heavy atom. The number of hydrogen-bond donors (Lipinski definition) is 6. The summed E-state index contributed by atoms with van der Waals surface area (Å²) in [5.41, 5.74) is -3.30. The fourth-order valence-corrected chi connectivity index (χ4v) is 10.3. The van der Waals surface area contributed by atoms with Gasteiger partial charge in [-0.15, -0.1) is 0 Å². The van der Waals surface area contributed by atoms with Gasteiger partial charge in [0.2, 0.25) is 10.4 Å². The Kier molecular flexibility index (Phi) is 10.7. The Balaban J connectivity index is 0.00000462. The minimum absolute atomic E-state index is 0. The average Bonchev–Trinajstić information content (AvgIpc) is 3.10. The first-order chi connectivity index (χ1) is 18.3. The van der Waals surface area contributed by atoms with Crippen molar-refractivity contribution >= 4 is 10.4 Å². The van der Waals surface area contributed by atoms with E-state index in [1.54, 1.807) is 6.92 Å². The molecule has 0 aromatic heterocycles. The van der Waals surface area contributed by atoms with Gasteiger partial charge in [-0.1, -0.05) is 32.4 Å². The Bertz CT molecular complexity index is 1080. The van der Waals surface area contributed by atoms with Crippen LogP contribution in [0.4, 0.5) is 0 Å². The van der Waals surface area contributed by atoms with Crippen LogP contribution in [0.1, 0.15) is 79.6 Å². The van der Waals surface area contributed by atoms with E-state index in [-0.39, 0.29) is 71.0 Å². The van der Waals surface area contributed by atoms with Crippen LogP contribution in [0.25, 0.3) is 0 Å². The van der Waals surface area contributed by atoms with Gasteiger partial charge in [-0.05, 0) is 87.4 Å². The summed E-state index contributed by atoms with van der Waals surface area (Å²) in [6.45, 7) is 8.11. The van der Waals surface area contributed by atoms with Crippen molar-refractivity contribution in [2.75, 3.05) is 13.2 Å². The van der Waals surface area contributed by atoms with Crippen LogP contribution in [0, 0.1) is 46.3 Å². The molecule has 4 aliphatic rings. The van der Waals surface area contributed by atoms with Crippen molar-refractivity contribution < 1.29 is 77.4 Å². The van der Waals surface area contributed by atoms with Gasteiger partial charge in [0.15, 0.2) is 0 Å². The second-order valence-corrected chi connectivity index (χ2v) is 15.3. The standard InChI is InChI=1S/C29H50O10S.Na/c1-16(10-17(2)22(14-30)28(5,34)15-39-40(36,37)38)21-12-23(32)25-19-11-24(33)29(35)13-18(31)6-9-27(29,4)20(19)7-8-26(21,25)3;/h10,16,18-25,30-35H,6-9,11-15H2,1-5H3,(H,36,37,38);/q;+1/p-1/b17-10+;/t16-,18?,19-,20?,21-,22-,23+,24?,25-,26-,27?,28-,29?;/m1./s1. The molecule has 4 fully saturated rings. The van der Waals surface area contributed by atoms with Crippen molar-refractivity contribution in [3.8, 4) is 0 Å². The number of fused-ring (bicyclic) bond motifs is 5.